The van der Waals surface area contributed by atoms with Gasteiger partial charge in [0.15, 0.2) is 0 Å². The molecule has 0 saturated heterocycles. The molecule has 0 atom stereocenters. The van der Waals surface area contributed by atoms with Crippen molar-refractivity contribution in [1.29, 1.82) is 0 Å². The zero-order valence-electron chi connectivity index (χ0n) is 22.7. The molecule has 0 heterocycles. The summed E-state index contributed by atoms with van der Waals surface area (Å²) in [6.07, 6.45) is 0. The second kappa shape index (κ2) is 96.7. The fourth-order valence-corrected chi connectivity index (χ4v) is 0.385. The number of benzene rings is 1. The SMILES string of the molecule is [Na+].[Na+].[Na+].[Na+].[Na+].[Na+].[Na+].[Na+].[Na+].[Na+].[Na+].[Na+].[O-]B([O-])[O-].[O-]B([O-])[O-].[O-]B([O-])[O-].[O-]B([O-])[O-].c1ccccc1. The molecule has 28 heteroatoms. The number of hydrogen-bond acceptors (Lipinski definition) is 12. The van der Waals surface area contributed by atoms with Crippen LogP contribution in [0.3, 0.4) is 0 Å². The molecule has 0 unspecified atom stereocenters. The average molecular weight is 589 g/mol. The Kier molecular flexibility index (Phi) is 295. The molecular weight excluding hydrogens is 583 g/mol. The van der Waals surface area contributed by atoms with Gasteiger partial charge in [0.2, 0.25) is 0 Å². The van der Waals surface area contributed by atoms with Crippen LogP contribution in [0.4, 0.5) is 0 Å². The summed E-state index contributed by atoms with van der Waals surface area (Å²) in [7, 11) is -11.7. The smallest absolute Gasteiger partial charge is 0.907 e. The van der Waals surface area contributed by atoms with Crippen LogP contribution in [0.2, 0.25) is 0 Å². The van der Waals surface area contributed by atoms with Gasteiger partial charge in [0.1, 0.15) is 0 Å². The van der Waals surface area contributed by atoms with Crippen LogP contribution in [0, 0.1) is 0 Å². The first kappa shape index (κ1) is 104. The molecule has 0 N–H and O–H groups in total. The van der Waals surface area contributed by atoms with Crippen LogP contribution in [-0.4, -0.2) is 29.3 Å². The van der Waals surface area contributed by atoms with Crippen molar-refractivity contribution >= 4 is 29.3 Å². The van der Waals surface area contributed by atoms with Gasteiger partial charge in [-0.3, -0.25) is 29.3 Å². The van der Waals surface area contributed by atoms with Crippen molar-refractivity contribution in [1.82, 2.24) is 0 Å². The third kappa shape index (κ3) is 262. The van der Waals surface area contributed by atoms with Gasteiger partial charge in [0, 0.05) is 0 Å². The summed E-state index contributed by atoms with van der Waals surface area (Å²) >= 11 is 0. The minimum Gasteiger partial charge on any atom is -0.907 e. The fraction of sp³-hybridized carbons (Fsp3) is 0. The fourth-order valence-electron chi connectivity index (χ4n) is 0.385. The van der Waals surface area contributed by atoms with E-state index in [2.05, 4.69) is 0 Å². The molecule has 0 aliphatic carbocycles. The van der Waals surface area contributed by atoms with Crippen molar-refractivity contribution in [3.63, 3.8) is 0 Å². The first-order valence-corrected chi connectivity index (χ1v) is 4.83. The summed E-state index contributed by atoms with van der Waals surface area (Å²) in [5, 5.41) is 101. The quantitative estimate of drug-likeness (QED) is 0.255. The maximum Gasteiger partial charge on any atom is 1.00 e. The van der Waals surface area contributed by atoms with Crippen molar-refractivity contribution in [3.05, 3.63) is 36.4 Å². The van der Waals surface area contributed by atoms with E-state index in [-0.39, 0.29) is 355 Å². The molecule has 0 aliphatic rings. The maximum absolute atomic E-state index is 8.42. The Morgan fingerprint density at radius 2 is 0.235 bits per heavy atom. The Hall–Kier alpha value is 11.0. The minimum atomic E-state index is -2.92. The van der Waals surface area contributed by atoms with E-state index >= 15 is 0 Å². The molecule has 126 valence electrons. The third-order valence-corrected chi connectivity index (χ3v) is 0.667. The van der Waals surface area contributed by atoms with Crippen LogP contribution in [0.15, 0.2) is 36.4 Å². The van der Waals surface area contributed by atoms with Crippen molar-refractivity contribution < 1.29 is 415 Å². The molecule has 34 heavy (non-hydrogen) atoms. The molecule has 0 fully saturated rings. The zero-order chi connectivity index (χ0) is 18.6. The van der Waals surface area contributed by atoms with E-state index in [1.165, 1.54) is 0 Å². The second-order valence-electron chi connectivity index (χ2n) is 2.31. The van der Waals surface area contributed by atoms with Crippen molar-refractivity contribution in [2.24, 2.45) is 0 Å². The van der Waals surface area contributed by atoms with Gasteiger partial charge in [-0.1, -0.05) is 36.4 Å². The standard InChI is InChI=1S/C6H6.4BO3.12Na/c1-2-4-6-5-3-1;4*2-1(3)4;;;;;;;;;;;;/h1-6H;;;;;;;;;;;;;;;;/q;4*-3;12*+1. The van der Waals surface area contributed by atoms with Gasteiger partial charge in [-0.25, -0.2) is 0 Å². The first-order valence-electron chi connectivity index (χ1n) is 4.83. The normalized spacial score (nSPS) is 4.59. The second-order valence-corrected chi connectivity index (χ2v) is 2.31. The Morgan fingerprint density at radius 1 is 0.206 bits per heavy atom. The topological polar surface area (TPSA) is 277 Å². The molecule has 12 nitrogen and oxygen atoms in total. The molecule has 0 aliphatic heterocycles. The predicted molar refractivity (Wildman–Crippen MR) is 49.5 cm³/mol. The van der Waals surface area contributed by atoms with E-state index < -0.39 is 29.3 Å². The van der Waals surface area contributed by atoms with E-state index in [0.29, 0.717) is 0 Å². The molecule has 0 radical (unpaired) electrons. The Labute approximate surface area is 468 Å². The summed E-state index contributed by atoms with van der Waals surface area (Å²) in [5.74, 6) is 0. The van der Waals surface area contributed by atoms with E-state index in [1.807, 2.05) is 36.4 Å². The van der Waals surface area contributed by atoms with Crippen LogP contribution in [0.1, 0.15) is 0 Å². The van der Waals surface area contributed by atoms with Gasteiger partial charge >= 0.3 is 355 Å². The van der Waals surface area contributed by atoms with Gasteiger partial charge in [-0.05, 0) is 0 Å². The summed E-state index contributed by atoms with van der Waals surface area (Å²) < 4.78 is 0. The maximum atomic E-state index is 8.42. The van der Waals surface area contributed by atoms with E-state index in [1.54, 1.807) is 0 Å². The average Bonchev–Trinajstić information content (AvgIpc) is 2.28. The molecule has 0 spiro atoms. The Balaban J connectivity index is -0.00000000790. The van der Waals surface area contributed by atoms with E-state index in [4.69, 9.17) is 60.3 Å². The monoisotopic (exact) mass is 590 g/mol. The van der Waals surface area contributed by atoms with Gasteiger partial charge < -0.3 is 60.3 Å². The molecule has 0 saturated carbocycles. The molecule has 0 aromatic heterocycles. The molecule has 1 aromatic carbocycles. The van der Waals surface area contributed by atoms with Crippen molar-refractivity contribution in [2.75, 3.05) is 0 Å². The van der Waals surface area contributed by atoms with Gasteiger partial charge in [-0.2, -0.15) is 0 Å². The van der Waals surface area contributed by atoms with Crippen molar-refractivity contribution in [2.45, 2.75) is 0 Å². The van der Waals surface area contributed by atoms with Gasteiger partial charge in [0.05, 0.1) is 0 Å². The third-order valence-electron chi connectivity index (χ3n) is 0.667. The minimum absolute atomic E-state index is 0. The Morgan fingerprint density at radius 3 is 0.265 bits per heavy atom. The molecule has 1 rings (SSSR count). The molecule has 1 aromatic rings. The van der Waals surface area contributed by atoms with Crippen LogP contribution >= 0.6 is 0 Å². The summed E-state index contributed by atoms with van der Waals surface area (Å²) in [6, 6.07) is 12.0. The van der Waals surface area contributed by atoms with Crippen molar-refractivity contribution in [3.8, 4) is 0 Å². The molecule has 0 bridgehead atoms. The molecule has 0 amide bonds. The van der Waals surface area contributed by atoms with Crippen LogP contribution < -0.4 is 415 Å². The number of rotatable bonds is 0. The Bertz CT molecular complexity index is 233. The van der Waals surface area contributed by atoms with Crippen LogP contribution in [0.5, 0.6) is 0 Å². The largest absolute Gasteiger partial charge is 1.00 e. The summed E-state index contributed by atoms with van der Waals surface area (Å²) in [4.78, 5) is 0. The molecular formula is C6H6B4Na12O12. The number of hydrogen-bond donors (Lipinski definition) is 0. The van der Waals surface area contributed by atoms with Gasteiger partial charge in [-0.15, -0.1) is 0 Å². The predicted octanol–water partition coefficient (Wildman–Crippen LogP) is -50.1. The first-order chi connectivity index (χ1) is 9.93. The van der Waals surface area contributed by atoms with Gasteiger partial charge in [0.25, 0.3) is 0 Å². The van der Waals surface area contributed by atoms with E-state index in [0.717, 1.165) is 0 Å². The zero-order valence-corrected chi connectivity index (χ0v) is 46.7. The summed E-state index contributed by atoms with van der Waals surface area (Å²) in [6.45, 7) is 0. The summed E-state index contributed by atoms with van der Waals surface area (Å²) in [5.41, 5.74) is 0. The van der Waals surface area contributed by atoms with E-state index in [9.17, 15) is 0 Å². The van der Waals surface area contributed by atoms with Crippen LogP contribution in [0.25, 0.3) is 0 Å². The van der Waals surface area contributed by atoms with Crippen LogP contribution in [-0.2, 0) is 0 Å².